The van der Waals surface area contributed by atoms with Gasteiger partial charge in [-0.05, 0) is 58.2 Å². The van der Waals surface area contributed by atoms with Crippen molar-refractivity contribution in [1.82, 2.24) is 0 Å². The van der Waals surface area contributed by atoms with Gasteiger partial charge in [0.05, 0.1) is 7.11 Å². The van der Waals surface area contributed by atoms with Crippen molar-refractivity contribution in [2.75, 3.05) is 7.11 Å². The molecule has 2 rings (SSSR count). The third kappa shape index (κ3) is 5.72. The molecule has 0 heterocycles. The molecule has 0 amide bonds. The van der Waals surface area contributed by atoms with Crippen LogP contribution in [-0.4, -0.2) is 33.3 Å². The number of allylic oxidation sites excluding steroid dienone is 5. The van der Waals surface area contributed by atoms with Crippen LogP contribution < -0.4 is 4.74 Å². The molecule has 0 aliphatic rings. The molecule has 32 heavy (non-hydrogen) atoms. The molecule has 6 nitrogen and oxygen atoms in total. The number of carbonyl (C=O) groups is 1. The van der Waals surface area contributed by atoms with Crippen LogP contribution >= 0.6 is 0 Å². The normalized spacial score (nSPS) is 10.8. The summed E-state index contributed by atoms with van der Waals surface area (Å²) >= 11 is 0. The minimum atomic E-state index is -0.637. The molecule has 0 saturated carbocycles. The number of hydrogen-bond acceptors (Lipinski definition) is 6. The Labute approximate surface area is 188 Å². The Morgan fingerprint density at radius 1 is 0.875 bits per heavy atom. The van der Waals surface area contributed by atoms with Gasteiger partial charge in [0.2, 0.25) is 0 Å². The number of hydrogen-bond donors (Lipinski definition) is 4. The summed E-state index contributed by atoms with van der Waals surface area (Å²) in [5, 5.41) is 41.4. The van der Waals surface area contributed by atoms with Crippen molar-refractivity contribution in [3.63, 3.8) is 0 Å². The van der Waals surface area contributed by atoms with Gasteiger partial charge in [-0.15, -0.1) is 0 Å². The van der Waals surface area contributed by atoms with Crippen molar-refractivity contribution in [2.24, 2.45) is 0 Å². The molecule has 0 atom stereocenters. The summed E-state index contributed by atoms with van der Waals surface area (Å²) in [4.78, 5) is 12.8. The molecule has 2 aromatic rings. The highest BCUT2D eigenvalue weighted by atomic mass is 16.5. The van der Waals surface area contributed by atoms with Crippen LogP contribution in [0.4, 0.5) is 0 Å². The Hall–Kier alpha value is -3.67. The quantitative estimate of drug-likeness (QED) is 0.249. The van der Waals surface area contributed by atoms with Crippen molar-refractivity contribution in [3.05, 3.63) is 69.8 Å². The van der Waals surface area contributed by atoms with Gasteiger partial charge in [0, 0.05) is 17.2 Å². The number of carbonyl (C=O) groups excluding carboxylic acids is 1. The summed E-state index contributed by atoms with van der Waals surface area (Å²) in [6, 6.07) is 4.36. The van der Waals surface area contributed by atoms with E-state index in [1.807, 2.05) is 33.8 Å². The number of methoxy groups -OCH3 is 1. The van der Waals surface area contributed by atoms with Crippen LogP contribution in [-0.2, 0) is 12.8 Å². The Bertz CT molecular complexity index is 1100. The van der Waals surface area contributed by atoms with Gasteiger partial charge >= 0.3 is 0 Å². The number of rotatable bonds is 8. The minimum Gasteiger partial charge on any atom is -0.507 e. The van der Waals surface area contributed by atoms with Crippen molar-refractivity contribution in [1.29, 1.82) is 0 Å². The Morgan fingerprint density at radius 2 is 1.47 bits per heavy atom. The maximum absolute atomic E-state index is 12.8. The van der Waals surface area contributed by atoms with E-state index < -0.39 is 17.3 Å². The van der Waals surface area contributed by atoms with Crippen molar-refractivity contribution in [3.8, 4) is 28.7 Å². The molecule has 0 bridgehead atoms. The lowest BCUT2D eigenvalue weighted by Crippen LogP contribution is -2.00. The molecule has 6 heteroatoms. The molecule has 0 aliphatic carbocycles. The van der Waals surface area contributed by atoms with E-state index in [9.17, 15) is 25.2 Å². The second kappa shape index (κ2) is 10.6. The van der Waals surface area contributed by atoms with Gasteiger partial charge in [-0.3, -0.25) is 4.79 Å². The second-order valence-corrected chi connectivity index (χ2v) is 7.97. The Morgan fingerprint density at radius 3 is 2.03 bits per heavy atom. The molecule has 4 N–H and O–H groups in total. The monoisotopic (exact) mass is 438 g/mol. The summed E-state index contributed by atoms with van der Waals surface area (Å²) in [5.41, 5.74) is 3.09. The van der Waals surface area contributed by atoms with Crippen LogP contribution in [0.25, 0.3) is 6.08 Å². The molecule has 0 aromatic heterocycles. The van der Waals surface area contributed by atoms with Crippen molar-refractivity contribution in [2.45, 2.75) is 40.5 Å². The molecule has 170 valence electrons. The third-order valence-corrected chi connectivity index (χ3v) is 4.95. The van der Waals surface area contributed by atoms with E-state index in [0.29, 0.717) is 23.3 Å². The van der Waals surface area contributed by atoms with E-state index in [1.165, 1.54) is 19.3 Å². The zero-order valence-corrected chi connectivity index (χ0v) is 19.1. The topological polar surface area (TPSA) is 107 Å². The average molecular weight is 439 g/mol. The zero-order valence-electron chi connectivity index (χ0n) is 19.1. The number of phenols is 4. The van der Waals surface area contributed by atoms with Gasteiger partial charge in [0.25, 0.3) is 0 Å². The third-order valence-electron chi connectivity index (χ3n) is 4.95. The van der Waals surface area contributed by atoms with Gasteiger partial charge in [-0.25, -0.2) is 0 Å². The Kier molecular flexibility index (Phi) is 8.13. The van der Waals surface area contributed by atoms with E-state index in [-0.39, 0.29) is 29.0 Å². The van der Waals surface area contributed by atoms with Crippen LogP contribution in [0.3, 0.4) is 0 Å². The maximum atomic E-state index is 12.8. The van der Waals surface area contributed by atoms with Crippen LogP contribution in [0.1, 0.15) is 54.7 Å². The molecule has 0 radical (unpaired) electrons. The standard InChI is InChI=1S/C26H30O6/c1-15(2)6-10-18-17(9-13-23(32-5)25(18)30)8-12-20(27)24-22(29)14-21(28)19(26(24)31)11-7-16(3)4/h6-9,12-14,28-31H,10-11H2,1-5H3. The largest absolute Gasteiger partial charge is 0.507 e. The lowest BCUT2D eigenvalue weighted by Gasteiger charge is -2.12. The fourth-order valence-corrected chi connectivity index (χ4v) is 3.15. The molecule has 0 spiro atoms. The molecule has 0 fully saturated rings. The molecule has 2 aromatic carbocycles. The van der Waals surface area contributed by atoms with E-state index in [2.05, 4.69) is 0 Å². The first-order chi connectivity index (χ1) is 15.1. The molecule has 0 unspecified atom stereocenters. The van der Waals surface area contributed by atoms with Gasteiger partial charge < -0.3 is 25.2 Å². The molecule has 0 aliphatic heterocycles. The summed E-state index contributed by atoms with van der Waals surface area (Å²) in [6.07, 6.45) is 7.11. The first-order valence-corrected chi connectivity index (χ1v) is 10.2. The smallest absolute Gasteiger partial charge is 0.193 e. The predicted molar refractivity (Wildman–Crippen MR) is 126 cm³/mol. The maximum Gasteiger partial charge on any atom is 0.193 e. The minimum absolute atomic E-state index is 0.0149. The van der Waals surface area contributed by atoms with Crippen LogP contribution in [0.5, 0.6) is 28.7 Å². The molecular weight excluding hydrogens is 408 g/mol. The number of ketones is 1. The van der Waals surface area contributed by atoms with Gasteiger partial charge in [0.15, 0.2) is 17.3 Å². The van der Waals surface area contributed by atoms with E-state index in [4.69, 9.17) is 4.74 Å². The van der Waals surface area contributed by atoms with Crippen molar-refractivity contribution >= 4 is 11.9 Å². The van der Waals surface area contributed by atoms with E-state index >= 15 is 0 Å². The van der Waals surface area contributed by atoms with Gasteiger partial charge in [-0.1, -0.05) is 35.4 Å². The first kappa shape index (κ1) is 24.6. The van der Waals surface area contributed by atoms with Gasteiger partial charge in [-0.2, -0.15) is 0 Å². The lowest BCUT2D eigenvalue weighted by molar-refractivity contribution is 0.104. The fraction of sp³-hybridized carbons (Fsp3) is 0.269. The fourth-order valence-electron chi connectivity index (χ4n) is 3.15. The van der Waals surface area contributed by atoms with Crippen LogP contribution in [0.2, 0.25) is 0 Å². The first-order valence-electron chi connectivity index (χ1n) is 10.2. The van der Waals surface area contributed by atoms with Crippen molar-refractivity contribution < 1.29 is 30.0 Å². The number of phenolic OH excluding ortho intramolecular Hbond substituents is 4. The van der Waals surface area contributed by atoms with E-state index in [1.54, 1.807) is 18.2 Å². The highest BCUT2D eigenvalue weighted by Crippen LogP contribution is 2.39. The van der Waals surface area contributed by atoms with Crippen LogP contribution in [0, 0.1) is 0 Å². The summed E-state index contributed by atoms with van der Waals surface area (Å²) in [6.45, 7) is 7.64. The molecule has 0 saturated heterocycles. The van der Waals surface area contributed by atoms with Gasteiger partial charge in [0.1, 0.15) is 22.8 Å². The number of benzene rings is 2. The summed E-state index contributed by atoms with van der Waals surface area (Å²) in [5.74, 6) is -1.60. The lowest BCUT2D eigenvalue weighted by atomic mass is 9.97. The Balaban J connectivity index is 2.48. The number of aromatic hydroxyl groups is 4. The van der Waals surface area contributed by atoms with Crippen LogP contribution in [0.15, 0.2) is 47.6 Å². The molecular formula is C26H30O6. The predicted octanol–water partition coefficient (Wildman–Crippen LogP) is 5.43. The van der Waals surface area contributed by atoms with E-state index in [0.717, 1.165) is 17.2 Å². The highest BCUT2D eigenvalue weighted by Gasteiger charge is 2.21. The average Bonchev–Trinajstić information content (AvgIpc) is 2.70. The summed E-state index contributed by atoms with van der Waals surface area (Å²) < 4.78 is 5.18. The second-order valence-electron chi connectivity index (χ2n) is 7.97. The zero-order chi connectivity index (χ0) is 24.0. The summed E-state index contributed by atoms with van der Waals surface area (Å²) in [7, 11) is 1.46. The highest BCUT2D eigenvalue weighted by molar-refractivity contribution is 6.11. The SMILES string of the molecule is COc1ccc(C=CC(=O)c2c(O)cc(O)c(CC=C(C)C)c2O)c(CC=C(C)C)c1O. The number of ether oxygens (including phenoxy) is 1.